The van der Waals surface area contributed by atoms with E-state index in [1.54, 1.807) is 0 Å². The van der Waals surface area contributed by atoms with Crippen LogP contribution in [0.3, 0.4) is 0 Å². The van der Waals surface area contributed by atoms with Crippen molar-refractivity contribution in [1.82, 2.24) is 5.32 Å². The molecule has 0 heterocycles. The molecule has 0 aromatic carbocycles. The van der Waals surface area contributed by atoms with E-state index in [1.165, 1.54) is 6.26 Å². The highest BCUT2D eigenvalue weighted by molar-refractivity contribution is 7.92. The van der Waals surface area contributed by atoms with Crippen molar-refractivity contribution < 1.29 is 8.42 Å². The molecule has 0 bridgehead atoms. The summed E-state index contributed by atoms with van der Waals surface area (Å²) in [4.78, 5) is 0. The lowest BCUT2D eigenvalue weighted by molar-refractivity contribution is 0.160. The first kappa shape index (κ1) is 14.0. The second-order valence-corrected chi connectivity index (χ2v) is 7.95. The Morgan fingerprint density at radius 1 is 1.38 bits per heavy atom. The minimum atomic E-state index is -2.94. The van der Waals surface area contributed by atoms with Crippen LogP contribution in [0.2, 0.25) is 0 Å². The zero-order valence-corrected chi connectivity index (χ0v) is 11.7. The van der Waals surface area contributed by atoms with Gasteiger partial charge in [-0.1, -0.05) is 20.8 Å². The fourth-order valence-electron chi connectivity index (χ4n) is 2.44. The van der Waals surface area contributed by atoms with Crippen LogP contribution in [0, 0.1) is 11.8 Å². The normalized spacial score (nSPS) is 30.4. The molecular formula is C12H25NO2S. The SMILES string of the molecule is CCCNCC1(S(C)(=O)=O)CC(C(C)C)C1. The highest BCUT2D eigenvalue weighted by Gasteiger charge is 2.52. The molecule has 4 heteroatoms. The zero-order valence-electron chi connectivity index (χ0n) is 10.9. The van der Waals surface area contributed by atoms with Gasteiger partial charge in [0.1, 0.15) is 0 Å². The Balaban J connectivity index is 2.61. The number of rotatable bonds is 6. The van der Waals surface area contributed by atoms with Gasteiger partial charge in [-0.25, -0.2) is 8.42 Å². The van der Waals surface area contributed by atoms with Crippen molar-refractivity contribution in [1.29, 1.82) is 0 Å². The van der Waals surface area contributed by atoms with Crippen molar-refractivity contribution in [2.45, 2.75) is 44.8 Å². The van der Waals surface area contributed by atoms with Crippen LogP contribution in [-0.4, -0.2) is 32.5 Å². The molecule has 1 aliphatic carbocycles. The third-order valence-electron chi connectivity index (χ3n) is 3.87. The van der Waals surface area contributed by atoms with Crippen LogP contribution in [0.15, 0.2) is 0 Å². The van der Waals surface area contributed by atoms with E-state index in [1.807, 2.05) is 0 Å². The highest BCUT2D eigenvalue weighted by atomic mass is 32.2. The Morgan fingerprint density at radius 2 is 1.94 bits per heavy atom. The van der Waals surface area contributed by atoms with Gasteiger partial charge >= 0.3 is 0 Å². The van der Waals surface area contributed by atoms with E-state index in [-0.39, 0.29) is 0 Å². The van der Waals surface area contributed by atoms with Gasteiger partial charge in [-0.15, -0.1) is 0 Å². The molecule has 3 nitrogen and oxygen atoms in total. The summed E-state index contributed by atoms with van der Waals surface area (Å²) in [7, 11) is -2.94. The topological polar surface area (TPSA) is 46.2 Å². The van der Waals surface area contributed by atoms with Crippen LogP contribution in [0.25, 0.3) is 0 Å². The third-order valence-corrected chi connectivity index (χ3v) is 5.92. The summed E-state index contributed by atoms with van der Waals surface area (Å²) in [5.74, 6) is 1.18. The van der Waals surface area contributed by atoms with E-state index in [0.29, 0.717) is 18.4 Å². The molecule has 0 spiro atoms. The summed E-state index contributed by atoms with van der Waals surface area (Å²) in [5.41, 5.74) is 0. The average molecular weight is 247 g/mol. The van der Waals surface area contributed by atoms with Crippen LogP contribution in [0.1, 0.15) is 40.0 Å². The molecule has 96 valence electrons. The molecule has 0 aliphatic heterocycles. The summed E-state index contributed by atoms with van der Waals surface area (Å²) >= 11 is 0. The lowest BCUT2D eigenvalue weighted by Gasteiger charge is -2.48. The van der Waals surface area contributed by atoms with Crippen molar-refractivity contribution in [2.24, 2.45) is 11.8 Å². The van der Waals surface area contributed by atoms with Gasteiger partial charge in [-0.2, -0.15) is 0 Å². The summed E-state index contributed by atoms with van der Waals surface area (Å²) in [6.45, 7) is 7.98. The van der Waals surface area contributed by atoms with E-state index in [9.17, 15) is 8.42 Å². The Hall–Kier alpha value is -0.0900. The smallest absolute Gasteiger partial charge is 0.154 e. The number of hydrogen-bond donors (Lipinski definition) is 1. The summed E-state index contributed by atoms with van der Waals surface area (Å²) in [6.07, 6.45) is 4.10. The molecule has 0 aromatic rings. The average Bonchev–Trinajstić information content (AvgIpc) is 2.05. The maximum absolute atomic E-state index is 11.9. The van der Waals surface area contributed by atoms with Gasteiger partial charge in [0.15, 0.2) is 9.84 Å². The number of nitrogens with one attached hydrogen (secondary N) is 1. The van der Waals surface area contributed by atoms with Gasteiger partial charge in [-0.3, -0.25) is 0 Å². The molecule has 1 rings (SSSR count). The standard InChI is InChI=1S/C12H25NO2S/c1-5-6-13-9-12(16(4,14)15)7-11(8-12)10(2)3/h10-11,13H,5-9H2,1-4H3. The summed E-state index contributed by atoms with van der Waals surface area (Å²) in [6, 6.07) is 0. The molecule has 0 aromatic heterocycles. The van der Waals surface area contributed by atoms with Crippen LogP contribution in [0.4, 0.5) is 0 Å². The van der Waals surface area contributed by atoms with E-state index >= 15 is 0 Å². The van der Waals surface area contributed by atoms with Crippen molar-refractivity contribution in [3.63, 3.8) is 0 Å². The van der Waals surface area contributed by atoms with Crippen LogP contribution in [-0.2, 0) is 9.84 Å². The summed E-state index contributed by atoms with van der Waals surface area (Å²) in [5, 5.41) is 3.26. The maximum atomic E-state index is 11.9. The molecule has 1 aliphatic rings. The quantitative estimate of drug-likeness (QED) is 0.728. The molecule has 0 unspecified atom stereocenters. The molecular weight excluding hydrogens is 222 g/mol. The Bertz CT molecular complexity index is 316. The lowest BCUT2D eigenvalue weighted by Crippen LogP contribution is -2.57. The predicted molar refractivity (Wildman–Crippen MR) is 68.3 cm³/mol. The van der Waals surface area contributed by atoms with Crippen molar-refractivity contribution in [2.75, 3.05) is 19.3 Å². The third kappa shape index (κ3) is 2.77. The Morgan fingerprint density at radius 3 is 2.31 bits per heavy atom. The molecule has 0 saturated heterocycles. The number of hydrogen-bond acceptors (Lipinski definition) is 3. The van der Waals surface area contributed by atoms with Gasteiger partial charge in [0, 0.05) is 12.8 Å². The second kappa shape index (κ2) is 5.05. The molecule has 1 fully saturated rings. The fourth-order valence-corrected chi connectivity index (χ4v) is 3.84. The monoisotopic (exact) mass is 247 g/mol. The molecule has 0 atom stereocenters. The first-order chi connectivity index (χ1) is 7.32. The fraction of sp³-hybridized carbons (Fsp3) is 1.00. The van der Waals surface area contributed by atoms with Gasteiger partial charge in [0.25, 0.3) is 0 Å². The molecule has 1 N–H and O–H groups in total. The zero-order chi connectivity index (χ0) is 12.4. The first-order valence-corrected chi connectivity index (χ1v) is 8.12. The van der Waals surface area contributed by atoms with E-state index < -0.39 is 14.6 Å². The van der Waals surface area contributed by atoms with E-state index in [0.717, 1.165) is 25.8 Å². The van der Waals surface area contributed by atoms with Gasteiger partial charge in [-0.05, 0) is 37.6 Å². The van der Waals surface area contributed by atoms with Crippen LogP contribution < -0.4 is 5.32 Å². The molecule has 16 heavy (non-hydrogen) atoms. The van der Waals surface area contributed by atoms with Crippen LogP contribution >= 0.6 is 0 Å². The molecule has 0 radical (unpaired) electrons. The maximum Gasteiger partial charge on any atom is 0.154 e. The van der Waals surface area contributed by atoms with Crippen molar-refractivity contribution in [3.05, 3.63) is 0 Å². The Labute approximate surface area is 99.9 Å². The van der Waals surface area contributed by atoms with Crippen molar-refractivity contribution in [3.8, 4) is 0 Å². The minimum Gasteiger partial charge on any atom is -0.315 e. The second-order valence-electron chi connectivity index (χ2n) is 5.54. The highest BCUT2D eigenvalue weighted by Crippen LogP contribution is 2.46. The van der Waals surface area contributed by atoms with Gasteiger partial charge in [0.05, 0.1) is 4.75 Å². The first-order valence-electron chi connectivity index (χ1n) is 6.23. The van der Waals surface area contributed by atoms with E-state index in [4.69, 9.17) is 0 Å². The van der Waals surface area contributed by atoms with E-state index in [2.05, 4.69) is 26.1 Å². The predicted octanol–water partition coefficient (Wildman–Crippen LogP) is 1.84. The van der Waals surface area contributed by atoms with Crippen LogP contribution in [0.5, 0.6) is 0 Å². The van der Waals surface area contributed by atoms with Gasteiger partial charge in [0.2, 0.25) is 0 Å². The molecule has 0 amide bonds. The molecule has 1 saturated carbocycles. The number of sulfone groups is 1. The Kier molecular flexibility index (Phi) is 4.41. The lowest BCUT2D eigenvalue weighted by atomic mass is 9.68. The van der Waals surface area contributed by atoms with Gasteiger partial charge < -0.3 is 5.32 Å². The largest absolute Gasteiger partial charge is 0.315 e. The minimum absolute atomic E-state index is 0.475. The summed E-state index contributed by atoms with van der Waals surface area (Å²) < 4.78 is 23.2. The van der Waals surface area contributed by atoms with Crippen molar-refractivity contribution >= 4 is 9.84 Å².